The van der Waals surface area contributed by atoms with Gasteiger partial charge >= 0.3 is 6.18 Å². The van der Waals surface area contributed by atoms with Gasteiger partial charge in [-0.15, -0.1) is 0 Å². The number of ether oxygens (including phenoxy) is 1. The third-order valence-electron chi connectivity index (χ3n) is 4.43. The molecule has 2 heterocycles. The summed E-state index contributed by atoms with van der Waals surface area (Å²) in [6, 6.07) is 8.35. The van der Waals surface area contributed by atoms with Crippen molar-refractivity contribution < 1.29 is 26.3 Å². The van der Waals surface area contributed by atoms with E-state index >= 15 is 0 Å². The van der Waals surface area contributed by atoms with Gasteiger partial charge in [-0.3, -0.25) is 0 Å². The number of benzene rings is 1. The summed E-state index contributed by atoms with van der Waals surface area (Å²) in [5.74, 6) is -0.165. The molecule has 27 heavy (non-hydrogen) atoms. The lowest BCUT2D eigenvalue weighted by Crippen LogP contribution is -2.31. The Labute approximate surface area is 155 Å². The number of hydrogen-bond acceptors (Lipinski definition) is 4. The van der Waals surface area contributed by atoms with Gasteiger partial charge in [0.1, 0.15) is 6.10 Å². The highest BCUT2D eigenvalue weighted by Gasteiger charge is 2.35. The molecule has 0 saturated carbocycles. The van der Waals surface area contributed by atoms with Crippen molar-refractivity contribution in [2.45, 2.75) is 36.9 Å². The first-order valence-corrected chi connectivity index (χ1v) is 9.93. The maximum absolute atomic E-state index is 12.8. The van der Waals surface area contributed by atoms with E-state index in [0.29, 0.717) is 6.42 Å². The van der Waals surface area contributed by atoms with E-state index < -0.39 is 27.9 Å². The van der Waals surface area contributed by atoms with E-state index in [9.17, 15) is 21.6 Å². The summed E-state index contributed by atoms with van der Waals surface area (Å²) in [6.45, 7) is 2.28. The predicted molar refractivity (Wildman–Crippen MR) is 92.9 cm³/mol. The van der Waals surface area contributed by atoms with Gasteiger partial charge in [0, 0.05) is 18.8 Å². The smallest absolute Gasteiger partial charge is 0.416 e. The lowest BCUT2D eigenvalue weighted by molar-refractivity contribution is -0.137. The molecule has 0 bridgehead atoms. The average molecular weight is 400 g/mol. The minimum Gasteiger partial charge on any atom is -0.473 e. The second-order valence-electron chi connectivity index (χ2n) is 6.27. The molecule has 1 saturated heterocycles. The van der Waals surface area contributed by atoms with Gasteiger partial charge in [-0.2, -0.15) is 17.5 Å². The Kier molecular flexibility index (Phi) is 5.43. The van der Waals surface area contributed by atoms with E-state index in [4.69, 9.17) is 4.74 Å². The van der Waals surface area contributed by atoms with Crippen LogP contribution in [0, 0.1) is 0 Å². The Bertz CT molecular complexity index is 899. The number of alkyl halides is 3. The summed E-state index contributed by atoms with van der Waals surface area (Å²) in [5.41, 5.74) is 0.179. The van der Waals surface area contributed by atoms with E-state index in [0.717, 1.165) is 30.3 Å². The minimum atomic E-state index is -4.49. The molecule has 1 atom stereocenters. The molecular weight excluding hydrogens is 381 g/mol. The first-order chi connectivity index (χ1) is 12.7. The van der Waals surface area contributed by atoms with Gasteiger partial charge in [0.25, 0.3) is 0 Å². The van der Waals surface area contributed by atoms with Crippen LogP contribution in [0.4, 0.5) is 13.2 Å². The Morgan fingerprint density at radius 2 is 1.93 bits per heavy atom. The van der Waals surface area contributed by atoms with Crippen LogP contribution in [0.5, 0.6) is 5.88 Å². The van der Waals surface area contributed by atoms with Crippen molar-refractivity contribution in [3.63, 3.8) is 0 Å². The van der Waals surface area contributed by atoms with Crippen molar-refractivity contribution in [1.29, 1.82) is 0 Å². The zero-order chi connectivity index (χ0) is 19.7. The van der Waals surface area contributed by atoms with E-state index in [1.165, 1.54) is 4.31 Å². The second-order valence-corrected chi connectivity index (χ2v) is 8.21. The van der Waals surface area contributed by atoms with E-state index in [-0.39, 0.29) is 23.9 Å². The number of pyridine rings is 1. The normalized spacial score (nSPS) is 18.6. The number of nitrogens with zero attached hydrogens (tertiary/aromatic N) is 2. The molecule has 0 amide bonds. The quantitative estimate of drug-likeness (QED) is 0.771. The molecule has 9 heteroatoms. The largest absolute Gasteiger partial charge is 0.473 e. The fraction of sp³-hybridized carbons (Fsp3) is 0.389. The maximum Gasteiger partial charge on any atom is 0.416 e. The first kappa shape index (κ1) is 19.6. The molecule has 1 aliphatic heterocycles. The lowest BCUT2D eigenvalue weighted by atomic mass is 10.2. The van der Waals surface area contributed by atoms with Crippen LogP contribution in [-0.4, -0.2) is 36.9 Å². The van der Waals surface area contributed by atoms with Gasteiger partial charge in [-0.05, 0) is 36.6 Å². The van der Waals surface area contributed by atoms with Crippen LogP contribution < -0.4 is 4.74 Å². The summed E-state index contributed by atoms with van der Waals surface area (Å²) in [7, 11) is -3.67. The maximum atomic E-state index is 12.8. The molecule has 0 N–H and O–H groups in total. The number of sulfonamides is 1. The van der Waals surface area contributed by atoms with Crippen molar-refractivity contribution in [2.75, 3.05) is 13.1 Å². The van der Waals surface area contributed by atoms with Crippen LogP contribution in [0.15, 0.2) is 47.5 Å². The van der Waals surface area contributed by atoms with Gasteiger partial charge in [-0.25, -0.2) is 13.4 Å². The Hall–Kier alpha value is -2.13. The van der Waals surface area contributed by atoms with E-state index in [2.05, 4.69) is 4.98 Å². The summed E-state index contributed by atoms with van der Waals surface area (Å²) >= 11 is 0. The SMILES string of the molecule is CCc1ccc(S(=O)(=O)N2CCC(Oc3cc(C(F)(F)F)ccn3)C2)cc1. The van der Waals surface area contributed by atoms with Gasteiger partial charge in [0.2, 0.25) is 15.9 Å². The molecule has 146 valence electrons. The molecule has 3 rings (SSSR count). The van der Waals surface area contributed by atoms with E-state index in [1.807, 2.05) is 6.92 Å². The number of hydrogen-bond donors (Lipinski definition) is 0. The summed E-state index contributed by atoms with van der Waals surface area (Å²) in [4.78, 5) is 3.98. The highest BCUT2D eigenvalue weighted by atomic mass is 32.2. The van der Waals surface area contributed by atoms with Crippen LogP contribution in [0.3, 0.4) is 0 Å². The molecule has 1 aromatic heterocycles. The second kappa shape index (κ2) is 7.47. The summed E-state index contributed by atoms with van der Waals surface area (Å²) in [5, 5.41) is 0. The molecular formula is C18H19F3N2O3S. The van der Waals surface area contributed by atoms with Crippen molar-refractivity contribution in [3.05, 3.63) is 53.7 Å². The van der Waals surface area contributed by atoms with Gasteiger partial charge in [-0.1, -0.05) is 19.1 Å². The highest BCUT2D eigenvalue weighted by Crippen LogP contribution is 2.31. The van der Waals surface area contributed by atoms with Crippen LogP contribution >= 0.6 is 0 Å². The zero-order valence-corrected chi connectivity index (χ0v) is 15.4. The standard InChI is InChI=1S/C18H19F3N2O3S/c1-2-13-3-5-16(6-4-13)27(24,25)23-10-8-15(12-23)26-17-11-14(7-9-22-17)18(19,20)21/h3-7,9,11,15H,2,8,10,12H2,1H3. The summed E-state index contributed by atoms with van der Waals surface area (Å²) in [6.07, 6.45) is -2.83. The van der Waals surface area contributed by atoms with Gasteiger partial charge in [0.05, 0.1) is 17.0 Å². The topological polar surface area (TPSA) is 59.5 Å². The molecule has 0 spiro atoms. The number of aryl methyl sites for hydroxylation is 1. The lowest BCUT2D eigenvalue weighted by Gasteiger charge is -2.17. The van der Waals surface area contributed by atoms with Crippen LogP contribution in [0.25, 0.3) is 0 Å². The van der Waals surface area contributed by atoms with Crippen LogP contribution in [0.1, 0.15) is 24.5 Å². The molecule has 2 aromatic rings. The first-order valence-electron chi connectivity index (χ1n) is 8.49. The fourth-order valence-electron chi connectivity index (χ4n) is 2.88. The molecule has 0 aliphatic carbocycles. The zero-order valence-electron chi connectivity index (χ0n) is 14.6. The average Bonchev–Trinajstić information content (AvgIpc) is 3.10. The van der Waals surface area contributed by atoms with Crippen molar-refractivity contribution >= 4 is 10.0 Å². The van der Waals surface area contributed by atoms with Crippen LogP contribution in [0.2, 0.25) is 0 Å². The van der Waals surface area contributed by atoms with Gasteiger partial charge in [0.15, 0.2) is 0 Å². The molecule has 1 fully saturated rings. The molecule has 1 aromatic carbocycles. The van der Waals surface area contributed by atoms with Crippen molar-refractivity contribution in [1.82, 2.24) is 9.29 Å². The molecule has 1 aliphatic rings. The number of halogens is 3. The monoisotopic (exact) mass is 400 g/mol. The van der Waals surface area contributed by atoms with Crippen molar-refractivity contribution in [2.24, 2.45) is 0 Å². The molecule has 0 radical (unpaired) electrons. The van der Waals surface area contributed by atoms with Gasteiger partial charge < -0.3 is 4.74 Å². The summed E-state index contributed by atoms with van der Waals surface area (Å²) < 4.78 is 70.5. The van der Waals surface area contributed by atoms with Crippen molar-refractivity contribution in [3.8, 4) is 5.88 Å². The molecule has 5 nitrogen and oxygen atoms in total. The molecule has 1 unspecified atom stereocenters. The Morgan fingerprint density at radius 1 is 1.22 bits per heavy atom. The number of rotatable bonds is 5. The highest BCUT2D eigenvalue weighted by molar-refractivity contribution is 7.89. The number of aromatic nitrogens is 1. The Balaban J connectivity index is 1.69. The fourth-order valence-corrected chi connectivity index (χ4v) is 4.37. The third-order valence-corrected chi connectivity index (χ3v) is 6.31. The van der Waals surface area contributed by atoms with E-state index in [1.54, 1.807) is 24.3 Å². The van der Waals surface area contributed by atoms with Crippen LogP contribution in [-0.2, 0) is 22.6 Å². The Morgan fingerprint density at radius 3 is 2.56 bits per heavy atom. The predicted octanol–water partition coefficient (Wildman–Crippen LogP) is 3.50. The third kappa shape index (κ3) is 4.41. The minimum absolute atomic E-state index is 0.0653.